The van der Waals surface area contributed by atoms with Gasteiger partial charge in [0, 0.05) is 15.9 Å². The second-order valence-electron chi connectivity index (χ2n) is 8.01. The smallest absolute Gasteiger partial charge is 0.340 e. The standard InChI is InChI=1S/C25H24BrClN2O7S/c1-5-35-25(32)21-13(2)22(28-14(21)3)23(30)15(4)36-24(31)19-12-18(10-11-20(19)27)37(33,34)29-17-8-6-16(26)7-9-17/h6-12,15,28-29H,5H2,1-4H3. The first kappa shape index (κ1) is 28.4. The summed E-state index contributed by atoms with van der Waals surface area (Å²) >= 11 is 9.43. The molecule has 0 saturated carbocycles. The molecule has 2 aromatic carbocycles. The van der Waals surface area contributed by atoms with Crippen LogP contribution in [0, 0.1) is 13.8 Å². The number of carbonyl (C=O) groups excluding carboxylic acids is 3. The van der Waals surface area contributed by atoms with Crippen LogP contribution in [0.1, 0.15) is 56.3 Å². The zero-order chi connectivity index (χ0) is 27.5. The number of aromatic amines is 1. The van der Waals surface area contributed by atoms with Crippen molar-refractivity contribution in [3.05, 3.63) is 80.0 Å². The third kappa shape index (κ3) is 6.41. The van der Waals surface area contributed by atoms with E-state index in [1.807, 2.05) is 0 Å². The largest absolute Gasteiger partial charge is 0.462 e. The highest BCUT2D eigenvalue weighted by atomic mass is 79.9. The molecule has 12 heteroatoms. The van der Waals surface area contributed by atoms with Crippen LogP contribution in [0.2, 0.25) is 5.02 Å². The highest BCUT2D eigenvalue weighted by molar-refractivity contribution is 9.10. The first-order valence-electron chi connectivity index (χ1n) is 11.0. The van der Waals surface area contributed by atoms with Crippen molar-refractivity contribution >= 4 is 61.0 Å². The Morgan fingerprint density at radius 2 is 1.73 bits per heavy atom. The Morgan fingerprint density at radius 1 is 1.08 bits per heavy atom. The lowest BCUT2D eigenvalue weighted by atomic mass is 10.1. The van der Waals surface area contributed by atoms with Gasteiger partial charge >= 0.3 is 11.9 Å². The second kappa shape index (κ2) is 11.5. The van der Waals surface area contributed by atoms with Gasteiger partial charge in [-0.05, 0) is 75.7 Å². The van der Waals surface area contributed by atoms with E-state index in [2.05, 4.69) is 25.6 Å². The van der Waals surface area contributed by atoms with Gasteiger partial charge in [0.15, 0.2) is 6.10 Å². The van der Waals surface area contributed by atoms with Crippen LogP contribution in [0.4, 0.5) is 5.69 Å². The number of carbonyl (C=O) groups is 3. The van der Waals surface area contributed by atoms with Gasteiger partial charge in [0.25, 0.3) is 10.0 Å². The number of ketones is 1. The SMILES string of the molecule is CCOC(=O)c1c(C)[nH]c(C(=O)C(C)OC(=O)c2cc(S(=O)(=O)Nc3ccc(Br)cc3)ccc2Cl)c1C. The van der Waals surface area contributed by atoms with Crippen LogP contribution in [0.3, 0.4) is 0 Å². The zero-order valence-electron chi connectivity index (χ0n) is 20.3. The topological polar surface area (TPSA) is 132 Å². The Balaban J connectivity index is 1.81. The Labute approximate surface area is 227 Å². The number of halogens is 2. The Bertz CT molecular complexity index is 1470. The fourth-order valence-corrected chi connectivity index (χ4v) is 5.09. The Hall–Kier alpha value is -3.15. The van der Waals surface area contributed by atoms with Crippen LogP contribution in [-0.4, -0.2) is 43.8 Å². The molecular formula is C25H24BrClN2O7S. The van der Waals surface area contributed by atoms with Crippen molar-refractivity contribution in [1.82, 2.24) is 4.98 Å². The average molecular weight is 612 g/mol. The van der Waals surface area contributed by atoms with E-state index in [4.69, 9.17) is 21.1 Å². The molecule has 9 nitrogen and oxygen atoms in total. The molecule has 0 bridgehead atoms. The number of aryl methyl sites for hydroxylation is 1. The lowest BCUT2D eigenvalue weighted by Gasteiger charge is -2.14. The first-order valence-corrected chi connectivity index (χ1v) is 13.7. The number of rotatable bonds is 9. The minimum Gasteiger partial charge on any atom is -0.462 e. The Kier molecular flexibility index (Phi) is 8.83. The van der Waals surface area contributed by atoms with Crippen LogP contribution in [0.25, 0.3) is 0 Å². The van der Waals surface area contributed by atoms with Gasteiger partial charge in [0.2, 0.25) is 5.78 Å². The van der Waals surface area contributed by atoms with E-state index >= 15 is 0 Å². The summed E-state index contributed by atoms with van der Waals surface area (Å²) in [6.45, 7) is 6.42. The summed E-state index contributed by atoms with van der Waals surface area (Å²) in [5, 5.41) is -0.0521. The summed E-state index contributed by atoms with van der Waals surface area (Å²) in [5.41, 5.74) is 1.24. The van der Waals surface area contributed by atoms with Crippen molar-refractivity contribution in [3.8, 4) is 0 Å². The summed E-state index contributed by atoms with van der Waals surface area (Å²) in [6, 6.07) is 10.1. The molecule has 0 fully saturated rings. The van der Waals surface area contributed by atoms with E-state index in [0.717, 1.165) is 10.5 Å². The maximum atomic E-state index is 13.0. The second-order valence-corrected chi connectivity index (χ2v) is 11.0. The first-order chi connectivity index (χ1) is 17.4. The quantitative estimate of drug-likeness (QED) is 0.243. The molecule has 1 heterocycles. The van der Waals surface area contributed by atoms with Crippen LogP contribution >= 0.6 is 27.5 Å². The fraction of sp³-hybridized carbons (Fsp3) is 0.240. The molecule has 0 spiro atoms. The molecule has 196 valence electrons. The molecule has 1 aromatic heterocycles. The number of sulfonamides is 1. The molecule has 0 radical (unpaired) electrons. The molecule has 3 aromatic rings. The van der Waals surface area contributed by atoms with Crippen LogP contribution in [-0.2, 0) is 19.5 Å². The van der Waals surface area contributed by atoms with E-state index in [1.54, 1.807) is 45.0 Å². The van der Waals surface area contributed by atoms with Gasteiger partial charge in [-0.2, -0.15) is 0 Å². The van der Waals surface area contributed by atoms with Gasteiger partial charge in [0.05, 0.1) is 33.3 Å². The Morgan fingerprint density at radius 3 is 2.35 bits per heavy atom. The molecule has 37 heavy (non-hydrogen) atoms. The molecule has 0 amide bonds. The van der Waals surface area contributed by atoms with E-state index in [9.17, 15) is 22.8 Å². The number of esters is 2. The summed E-state index contributed by atoms with van der Waals surface area (Å²) < 4.78 is 39.2. The van der Waals surface area contributed by atoms with Gasteiger partial charge < -0.3 is 14.5 Å². The predicted molar refractivity (Wildman–Crippen MR) is 142 cm³/mol. The maximum Gasteiger partial charge on any atom is 0.340 e. The number of hydrogen-bond acceptors (Lipinski definition) is 7. The van der Waals surface area contributed by atoms with Crippen molar-refractivity contribution in [2.75, 3.05) is 11.3 Å². The summed E-state index contributed by atoms with van der Waals surface area (Å²) in [4.78, 5) is 40.7. The number of hydrogen-bond donors (Lipinski definition) is 2. The molecule has 2 N–H and O–H groups in total. The fourth-order valence-electron chi connectivity index (χ4n) is 3.55. The van der Waals surface area contributed by atoms with Crippen LogP contribution in [0.5, 0.6) is 0 Å². The van der Waals surface area contributed by atoms with E-state index in [-0.39, 0.29) is 33.3 Å². The molecular weight excluding hydrogens is 588 g/mol. The van der Waals surface area contributed by atoms with E-state index < -0.39 is 33.8 Å². The lowest BCUT2D eigenvalue weighted by molar-refractivity contribution is 0.0316. The third-order valence-electron chi connectivity index (χ3n) is 5.38. The third-order valence-corrected chi connectivity index (χ3v) is 7.62. The van der Waals surface area contributed by atoms with E-state index in [0.29, 0.717) is 16.9 Å². The number of anilines is 1. The number of H-pyrrole nitrogens is 1. The number of benzene rings is 2. The predicted octanol–water partition coefficient (Wildman–Crippen LogP) is 5.45. The maximum absolute atomic E-state index is 13.0. The molecule has 1 atom stereocenters. The lowest BCUT2D eigenvalue weighted by Crippen LogP contribution is -2.25. The van der Waals surface area contributed by atoms with Crippen molar-refractivity contribution in [2.24, 2.45) is 0 Å². The molecule has 0 aliphatic carbocycles. The molecule has 3 rings (SSSR count). The van der Waals surface area contributed by atoms with Gasteiger partial charge in [0.1, 0.15) is 0 Å². The van der Waals surface area contributed by atoms with E-state index in [1.165, 1.54) is 19.1 Å². The van der Waals surface area contributed by atoms with Gasteiger partial charge in [-0.25, -0.2) is 18.0 Å². The van der Waals surface area contributed by atoms with Crippen molar-refractivity contribution < 1.29 is 32.3 Å². The summed E-state index contributed by atoms with van der Waals surface area (Å²) in [7, 11) is -4.05. The van der Waals surface area contributed by atoms with Crippen molar-refractivity contribution in [1.29, 1.82) is 0 Å². The minimum absolute atomic E-state index is 0.0521. The molecule has 0 aliphatic heterocycles. The summed E-state index contributed by atoms with van der Waals surface area (Å²) in [5.74, 6) is -2.14. The monoisotopic (exact) mass is 610 g/mol. The highest BCUT2D eigenvalue weighted by Gasteiger charge is 2.29. The highest BCUT2D eigenvalue weighted by Crippen LogP contribution is 2.25. The van der Waals surface area contributed by atoms with Crippen LogP contribution in [0.15, 0.2) is 51.8 Å². The molecule has 1 unspecified atom stereocenters. The normalized spacial score (nSPS) is 12.1. The van der Waals surface area contributed by atoms with Crippen molar-refractivity contribution in [2.45, 2.75) is 38.7 Å². The number of Topliss-reactive ketones (excluding diaryl/α,β-unsaturated/α-hetero) is 1. The van der Waals surface area contributed by atoms with Gasteiger partial charge in [-0.1, -0.05) is 27.5 Å². The minimum atomic E-state index is -4.05. The van der Waals surface area contributed by atoms with Gasteiger partial charge in [-0.3, -0.25) is 9.52 Å². The summed E-state index contributed by atoms with van der Waals surface area (Å²) in [6.07, 6.45) is -1.27. The number of nitrogens with one attached hydrogen (secondary N) is 2. The number of ether oxygens (including phenoxy) is 2. The zero-order valence-corrected chi connectivity index (χ0v) is 23.5. The molecule has 0 aliphatic rings. The number of aromatic nitrogens is 1. The van der Waals surface area contributed by atoms with Crippen molar-refractivity contribution in [3.63, 3.8) is 0 Å². The van der Waals surface area contributed by atoms with Gasteiger partial charge in [-0.15, -0.1) is 0 Å². The van der Waals surface area contributed by atoms with Crippen LogP contribution < -0.4 is 4.72 Å². The molecule has 0 saturated heterocycles. The average Bonchev–Trinajstić information content (AvgIpc) is 3.13.